The maximum atomic E-state index is 11.3. The summed E-state index contributed by atoms with van der Waals surface area (Å²) in [7, 11) is 1.47. The van der Waals surface area contributed by atoms with E-state index in [-0.39, 0.29) is 18.4 Å². The van der Waals surface area contributed by atoms with Crippen molar-refractivity contribution >= 4 is 5.97 Å². The molecule has 198 valence electrons. The third kappa shape index (κ3) is 9.93. The van der Waals surface area contributed by atoms with Crippen molar-refractivity contribution < 1.29 is 19.0 Å². The highest BCUT2D eigenvalue weighted by Crippen LogP contribution is 2.45. The summed E-state index contributed by atoms with van der Waals surface area (Å²) in [6.45, 7) is 7.96. The normalized spacial score (nSPS) is 30.6. The van der Waals surface area contributed by atoms with Gasteiger partial charge in [0.25, 0.3) is 0 Å². The molecule has 2 aliphatic carbocycles. The van der Waals surface area contributed by atoms with Gasteiger partial charge in [-0.1, -0.05) is 58.1 Å². The average molecular weight is 487 g/mol. The third-order valence-corrected chi connectivity index (χ3v) is 8.36. The summed E-state index contributed by atoms with van der Waals surface area (Å²) in [6, 6.07) is 0. The Morgan fingerprint density at radius 2 is 1.89 bits per heavy atom. The van der Waals surface area contributed by atoms with Crippen LogP contribution >= 0.6 is 0 Å². The topological polar surface area (TPSA) is 44.8 Å². The SMILES string of the molecule is COC(=O)CCCCCC[C@@H]1[C@@H](/C=C/[C@@H](OC2CCCCO2)[C@@H](C)CC#CC2CC2)[C@H](C)C[C@@H]1C. The van der Waals surface area contributed by atoms with Crippen LogP contribution < -0.4 is 0 Å². The Morgan fingerprint density at radius 3 is 2.60 bits per heavy atom. The first-order valence-electron chi connectivity index (χ1n) is 14.5. The number of allylic oxidation sites excluding steroid dienone is 1. The maximum absolute atomic E-state index is 11.3. The minimum Gasteiger partial charge on any atom is -0.469 e. The molecular formula is C31H50O4. The van der Waals surface area contributed by atoms with Gasteiger partial charge in [0.1, 0.15) is 0 Å². The number of hydrogen-bond donors (Lipinski definition) is 0. The fraction of sp³-hybridized carbons (Fsp3) is 0.839. The van der Waals surface area contributed by atoms with Gasteiger partial charge in [-0.2, -0.15) is 0 Å². The van der Waals surface area contributed by atoms with E-state index in [1.54, 1.807) is 0 Å². The average Bonchev–Trinajstić information content (AvgIpc) is 3.64. The Kier molecular flexibility index (Phi) is 12.2. The van der Waals surface area contributed by atoms with Gasteiger partial charge in [-0.25, -0.2) is 0 Å². The van der Waals surface area contributed by atoms with Gasteiger partial charge in [0.05, 0.1) is 13.2 Å². The van der Waals surface area contributed by atoms with Crippen molar-refractivity contribution in [3.05, 3.63) is 12.2 Å². The summed E-state index contributed by atoms with van der Waals surface area (Å²) in [5.74, 6) is 10.6. The van der Waals surface area contributed by atoms with Crippen LogP contribution in [0.25, 0.3) is 0 Å². The molecular weight excluding hydrogens is 436 g/mol. The summed E-state index contributed by atoms with van der Waals surface area (Å²) < 4.78 is 17.2. The van der Waals surface area contributed by atoms with Crippen LogP contribution in [-0.2, 0) is 19.0 Å². The highest BCUT2D eigenvalue weighted by Gasteiger charge is 2.37. The zero-order chi connectivity index (χ0) is 25.0. The van der Waals surface area contributed by atoms with Crippen LogP contribution in [0.1, 0.15) is 104 Å². The Morgan fingerprint density at radius 1 is 1.09 bits per heavy atom. The van der Waals surface area contributed by atoms with Gasteiger partial charge in [-0.05, 0) is 81.0 Å². The van der Waals surface area contributed by atoms with E-state index >= 15 is 0 Å². The molecule has 0 N–H and O–H groups in total. The zero-order valence-electron chi connectivity index (χ0n) is 22.8. The molecule has 7 atom stereocenters. The molecule has 1 heterocycles. The van der Waals surface area contributed by atoms with Crippen LogP contribution in [0, 0.1) is 47.3 Å². The molecule has 0 radical (unpaired) electrons. The van der Waals surface area contributed by atoms with E-state index in [2.05, 4.69) is 44.8 Å². The van der Waals surface area contributed by atoms with Gasteiger partial charge in [-0.15, -0.1) is 5.92 Å². The van der Waals surface area contributed by atoms with Crippen LogP contribution in [0.4, 0.5) is 0 Å². The number of carbonyl (C=O) groups is 1. The van der Waals surface area contributed by atoms with E-state index in [4.69, 9.17) is 14.2 Å². The van der Waals surface area contributed by atoms with Crippen molar-refractivity contribution in [3.63, 3.8) is 0 Å². The molecule has 0 bridgehead atoms. The van der Waals surface area contributed by atoms with E-state index in [9.17, 15) is 4.79 Å². The molecule has 4 nitrogen and oxygen atoms in total. The molecule has 35 heavy (non-hydrogen) atoms. The first-order valence-corrected chi connectivity index (χ1v) is 14.5. The summed E-state index contributed by atoms with van der Waals surface area (Å²) in [5.41, 5.74) is 0. The Labute approximate surface area is 214 Å². The molecule has 4 heteroatoms. The lowest BCUT2D eigenvalue weighted by Crippen LogP contribution is -2.30. The first-order chi connectivity index (χ1) is 17.0. The molecule has 0 spiro atoms. The van der Waals surface area contributed by atoms with Crippen molar-refractivity contribution in [1.82, 2.24) is 0 Å². The van der Waals surface area contributed by atoms with Crippen LogP contribution in [0.2, 0.25) is 0 Å². The lowest BCUT2D eigenvalue weighted by Gasteiger charge is -2.30. The van der Waals surface area contributed by atoms with Crippen molar-refractivity contribution in [2.45, 2.75) is 117 Å². The van der Waals surface area contributed by atoms with Crippen molar-refractivity contribution in [3.8, 4) is 11.8 Å². The third-order valence-electron chi connectivity index (χ3n) is 8.36. The number of esters is 1. The molecule has 0 aromatic heterocycles. The Balaban J connectivity index is 1.54. The highest BCUT2D eigenvalue weighted by atomic mass is 16.7. The fourth-order valence-corrected chi connectivity index (χ4v) is 5.94. The molecule has 0 amide bonds. The van der Waals surface area contributed by atoms with Crippen LogP contribution in [0.15, 0.2) is 12.2 Å². The van der Waals surface area contributed by atoms with E-state index in [1.807, 2.05) is 0 Å². The van der Waals surface area contributed by atoms with E-state index in [1.165, 1.54) is 52.1 Å². The van der Waals surface area contributed by atoms with E-state index in [0.29, 0.717) is 30.1 Å². The highest BCUT2D eigenvalue weighted by molar-refractivity contribution is 5.68. The number of hydrogen-bond acceptors (Lipinski definition) is 4. The molecule has 3 fully saturated rings. The monoisotopic (exact) mass is 486 g/mol. The molecule has 2 saturated carbocycles. The number of methoxy groups -OCH3 is 1. The smallest absolute Gasteiger partial charge is 0.305 e. The minimum absolute atomic E-state index is 0.0636. The fourth-order valence-electron chi connectivity index (χ4n) is 5.94. The van der Waals surface area contributed by atoms with Crippen LogP contribution in [-0.4, -0.2) is 32.1 Å². The van der Waals surface area contributed by atoms with Gasteiger partial charge < -0.3 is 14.2 Å². The number of ether oxygens (including phenoxy) is 3. The van der Waals surface area contributed by atoms with Crippen LogP contribution in [0.3, 0.4) is 0 Å². The van der Waals surface area contributed by atoms with Gasteiger partial charge in [0.2, 0.25) is 0 Å². The predicted octanol–water partition coefficient (Wildman–Crippen LogP) is 7.32. The summed E-state index contributed by atoms with van der Waals surface area (Å²) >= 11 is 0. The summed E-state index contributed by atoms with van der Waals surface area (Å²) in [6.07, 6.45) is 19.3. The first kappa shape index (κ1) is 28.3. The van der Waals surface area contributed by atoms with Crippen LogP contribution in [0.5, 0.6) is 0 Å². The maximum Gasteiger partial charge on any atom is 0.305 e. The van der Waals surface area contributed by atoms with Gasteiger partial charge in [0.15, 0.2) is 6.29 Å². The summed E-state index contributed by atoms with van der Waals surface area (Å²) in [4.78, 5) is 11.3. The second-order valence-corrected chi connectivity index (χ2v) is 11.5. The van der Waals surface area contributed by atoms with Crippen molar-refractivity contribution in [2.75, 3.05) is 13.7 Å². The number of unbranched alkanes of at least 4 members (excludes halogenated alkanes) is 3. The molecule has 1 saturated heterocycles. The standard InChI is InChI=1S/C31H50O4/c1-23(12-11-13-26-17-18-26)29(35-31-16-9-10-21-34-31)20-19-28-25(3)22-24(2)27(28)14-7-5-6-8-15-30(32)33-4/h19-20,23-29,31H,5-10,12,14-18,21-22H2,1-4H3/b20-19+/t23-,24-,25+,27-,28-,29+,31?/m0/s1. The minimum atomic E-state index is -0.0865. The molecule has 0 aromatic carbocycles. The lowest BCUT2D eigenvalue weighted by molar-refractivity contribution is -0.186. The second kappa shape index (κ2) is 15.1. The van der Waals surface area contributed by atoms with Gasteiger partial charge in [0, 0.05) is 25.4 Å². The molecule has 3 aliphatic rings. The van der Waals surface area contributed by atoms with E-state index in [0.717, 1.165) is 50.5 Å². The lowest BCUT2D eigenvalue weighted by atomic mass is 9.83. The Hall–Kier alpha value is -1.31. The predicted molar refractivity (Wildman–Crippen MR) is 142 cm³/mol. The van der Waals surface area contributed by atoms with Gasteiger partial charge >= 0.3 is 5.97 Å². The number of rotatable bonds is 13. The Bertz CT molecular complexity index is 709. The molecule has 3 rings (SSSR count). The van der Waals surface area contributed by atoms with Gasteiger partial charge in [-0.3, -0.25) is 4.79 Å². The second-order valence-electron chi connectivity index (χ2n) is 11.5. The largest absolute Gasteiger partial charge is 0.469 e. The molecule has 0 aromatic rings. The van der Waals surface area contributed by atoms with E-state index < -0.39 is 0 Å². The van der Waals surface area contributed by atoms with Crippen molar-refractivity contribution in [2.24, 2.45) is 35.5 Å². The quantitative estimate of drug-likeness (QED) is 0.118. The molecule has 1 unspecified atom stereocenters. The zero-order valence-corrected chi connectivity index (χ0v) is 22.8. The van der Waals surface area contributed by atoms with Crippen molar-refractivity contribution in [1.29, 1.82) is 0 Å². The number of carbonyl (C=O) groups excluding carboxylic acids is 1. The molecule has 1 aliphatic heterocycles. The summed E-state index contributed by atoms with van der Waals surface area (Å²) in [5, 5.41) is 0.